The Morgan fingerprint density at radius 3 is 2.75 bits per heavy atom. The maximum Gasteiger partial charge on any atom is 0.326 e. The second-order valence-corrected chi connectivity index (χ2v) is 4.09. The van der Waals surface area contributed by atoms with Crippen LogP contribution in [0.15, 0.2) is 4.79 Å². The molecule has 0 saturated carbocycles. The van der Waals surface area contributed by atoms with Crippen molar-refractivity contribution in [3.8, 4) is 0 Å². The minimum absolute atomic E-state index is 0.0214. The van der Waals surface area contributed by atoms with Gasteiger partial charge in [0.25, 0.3) is 0 Å². The molecule has 1 aromatic rings. The van der Waals surface area contributed by atoms with Gasteiger partial charge in [-0.1, -0.05) is 12.2 Å². The number of nitrogens with one attached hydrogen (secondary N) is 1. The summed E-state index contributed by atoms with van der Waals surface area (Å²) in [6, 6.07) is 0. The lowest BCUT2D eigenvalue weighted by Gasteiger charge is -2.09. The summed E-state index contributed by atoms with van der Waals surface area (Å²) in [4.78, 5) is 25.0. The third-order valence-corrected chi connectivity index (χ3v) is 2.88. The van der Waals surface area contributed by atoms with E-state index in [0.29, 0.717) is 28.3 Å². The SMILES string of the molecule is Cc1c(CC(N)=O)[nH]c(=O)n(CCCl)c1=S. The summed E-state index contributed by atoms with van der Waals surface area (Å²) in [5, 5.41) is 0. The minimum Gasteiger partial charge on any atom is -0.369 e. The van der Waals surface area contributed by atoms with Crippen molar-refractivity contribution in [1.29, 1.82) is 0 Å². The number of carbonyl (C=O) groups is 1. The first-order chi connectivity index (χ1) is 7.47. The topological polar surface area (TPSA) is 80.9 Å². The zero-order valence-corrected chi connectivity index (χ0v) is 10.3. The molecule has 5 nitrogen and oxygen atoms in total. The number of aromatic nitrogens is 2. The van der Waals surface area contributed by atoms with E-state index in [4.69, 9.17) is 29.6 Å². The van der Waals surface area contributed by atoms with Crippen molar-refractivity contribution in [2.24, 2.45) is 5.73 Å². The summed E-state index contributed by atoms with van der Waals surface area (Å²) in [5.41, 5.74) is 5.84. The van der Waals surface area contributed by atoms with E-state index in [0.717, 1.165) is 0 Å². The molecule has 0 aromatic carbocycles. The molecule has 1 amide bonds. The average Bonchev–Trinajstić information content (AvgIpc) is 2.20. The Kier molecular flexibility index (Phi) is 4.26. The molecule has 1 rings (SSSR count). The molecule has 0 bridgehead atoms. The molecule has 16 heavy (non-hydrogen) atoms. The van der Waals surface area contributed by atoms with Crippen LogP contribution in [0.2, 0.25) is 0 Å². The number of alkyl halides is 1. The van der Waals surface area contributed by atoms with E-state index < -0.39 is 5.91 Å². The molecule has 0 aliphatic heterocycles. The Bertz CT molecular complexity index is 520. The van der Waals surface area contributed by atoms with Gasteiger partial charge in [-0.15, -0.1) is 11.6 Å². The molecule has 7 heteroatoms. The second kappa shape index (κ2) is 5.27. The number of nitrogens with two attached hydrogens (primary N) is 1. The minimum atomic E-state index is -0.511. The molecule has 0 radical (unpaired) electrons. The van der Waals surface area contributed by atoms with E-state index >= 15 is 0 Å². The zero-order chi connectivity index (χ0) is 12.3. The van der Waals surface area contributed by atoms with Crippen molar-refractivity contribution >= 4 is 29.7 Å². The maximum absolute atomic E-state index is 11.6. The highest BCUT2D eigenvalue weighted by Crippen LogP contribution is 2.05. The Labute approximate surface area is 102 Å². The number of aromatic amines is 1. The number of nitrogens with zero attached hydrogens (tertiary/aromatic N) is 1. The van der Waals surface area contributed by atoms with Crippen molar-refractivity contribution in [2.45, 2.75) is 19.9 Å². The van der Waals surface area contributed by atoms with Crippen molar-refractivity contribution < 1.29 is 4.79 Å². The van der Waals surface area contributed by atoms with E-state index in [1.54, 1.807) is 6.92 Å². The van der Waals surface area contributed by atoms with Crippen LogP contribution in [0.5, 0.6) is 0 Å². The lowest BCUT2D eigenvalue weighted by molar-refractivity contribution is -0.117. The van der Waals surface area contributed by atoms with Gasteiger partial charge in [0.15, 0.2) is 0 Å². The standard InChI is InChI=1S/C9H12ClN3O2S/c1-5-6(4-7(11)14)12-9(15)13(3-2-10)8(5)16/h2-4H2,1H3,(H2,11,14)(H,12,15). The van der Waals surface area contributed by atoms with Gasteiger partial charge >= 0.3 is 5.69 Å². The van der Waals surface area contributed by atoms with E-state index in [9.17, 15) is 9.59 Å². The third-order valence-electron chi connectivity index (χ3n) is 2.18. The lowest BCUT2D eigenvalue weighted by Crippen LogP contribution is -2.28. The van der Waals surface area contributed by atoms with Crippen LogP contribution in [0.4, 0.5) is 0 Å². The number of carbonyl (C=O) groups excluding carboxylic acids is 1. The highest BCUT2D eigenvalue weighted by atomic mass is 35.5. The van der Waals surface area contributed by atoms with Crippen LogP contribution in [-0.2, 0) is 17.8 Å². The quantitative estimate of drug-likeness (QED) is 0.611. The molecule has 0 atom stereocenters. The van der Waals surface area contributed by atoms with Gasteiger partial charge in [-0.05, 0) is 6.92 Å². The van der Waals surface area contributed by atoms with Gasteiger partial charge in [0, 0.05) is 23.7 Å². The number of rotatable bonds is 4. The fraction of sp³-hybridized carbons (Fsp3) is 0.444. The normalized spacial score (nSPS) is 10.4. The van der Waals surface area contributed by atoms with Crippen LogP contribution < -0.4 is 11.4 Å². The summed E-state index contributed by atoms with van der Waals surface area (Å²) in [7, 11) is 0. The van der Waals surface area contributed by atoms with Gasteiger partial charge < -0.3 is 10.7 Å². The van der Waals surface area contributed by atoms with E-state index in [1.165, 1.54) is 4.57 Å². The molecule has 0 aliphatic carbocycles. The first-order valence-corrected chi connectivity index (χ1v) is 5.58. The van der Waals surface area contributed by atoms with Crippen LogP contribution in [0.1, 0.15) is 11.3 Å². The lowest BCUT2D eigenvalue weighted by atomic mass is 10.2. The number of hydrogen-bond donors (Lipinski definition) is 2. The molecule has 0 saturated heterocycles. The van der Waals surface area contributed by atoms with Crippen LogP contribution >= 0.6 is 23.8 Å². The van der Waals surface area contributed by atoms with Crippen LogP contribution in [0.25, 0.3) is 0 Å². The van der Waals surface area contributed by atoms with E-state index in [1.807, 2.05) is 0 Å². The average molecular weight is 262 g/mol. The van der Waals surface area contributed by atoms with E-state index in [2.05, 4.69) is 4.98 Å². The van der Waals surface area contributed by atoms with Gasteiger partial charge in [0.1, 0.15) is 4.64 Å². The first kappa shape index (κ1) is 12.9. The summed E-state index contributed by atoms with van der Waals surface area (Å²) >= 11 is 10.7. The molecule has 0 aliphatic rings. The Balaban J connectivity index is 3.33. The number of amides is 1. The number of halogens is 1. The summed E-state index contributed by atoms with van der Waals surface area (Å²) < 4.78 is 1.75. The van der Waals surface area contributed by atoms with Crippen LogP contribution in [0, 0.1) is 11.6 Å². The summed E-state index contributed by atoms with van der Waals surface area (Å²) in [5.74, 6) is -0.213. The number of H-pyrrole nitrogens is 1. The fourth-order valence-electron chi connectivity index (χ4n) is 1.35. The van der Waals surface area contributed by atoms with Crippen LogP contribution in [0.3, 0.4) is 0 Å². The summed E-state index contributed by atoms with van der Waals surface area (Å²) in [6.45, 7) is 2.08. The van der Waals surface area contributed by atoms with E-state index in [-0.39, 0.29) is 12.1 Å². The van der Waals surface area contributed by atoms with Gasteiger partial charge in [-0.25, -0.2) is 4.79 Å². The molecule has 88 valence electrons. The molecular formula is C9H12ClN3O2S. The molecule has 3 N–H and O–H groups in total. The molecule has 0 unspecified atom stereocenters. The third kappa shape index (κ3) is 2.70. The Morgan fingerprint density at radius 1 is 1.62 bits per heavy atom. The number of primary amides is 1. The monoisotopic (exact) mass is 261 g/mol. The van der Waals surface area contributed by atoms with Gasteiger partial charge in [-0.2, -0.15) is 0 Å². The first-order valence-electron chi connectivity index (χ1n) is 4.64. The predicted octanol–water partition coefficient (Wildman–Crippen LogP) is 0.481. The molecule has 1 heterocycles. The molecular weight excluding hydrogens is 250 g/mol. The molecule has 0 spiro atoms. The highest BCUT2D eigenvalue weighted by molar-refractivity contribution is 7.71. The van der Waals surface area contributed by atoms with Crippen molar-refractivity contribution in [3.63, 3.8) is 0 Å². The highest BCUT2D eigenvalue weighted by Gasteiger charge is 2.09. The van der Waals surface area contributed by atoms with Crippen molar-refractivity contribution in [2.75, 3.05) is 5.88 Å². The second-order valence-electron chi connectivity index (χ2n) is 3.32. The summed E-state index contributed by atoms with van der Waals surface area (Å²) in [6.07, 6.45) is -0.0214. The van der Waals surface area contributed by atoms with Gasteiger partial charge in [0.2, 0.25) is 5.91 Å². The predicted molar refractivity (Wildman–Crippen MR) is 64.2 cm³/mol. The molecule has 0 fully saturated rings. The fourth-order valence-corrected chi connectivity index (χ4v) is 1.82. The maximum atomic E-state index is 11.6. The zero-order valence-electron chi connectivity index (χ0n) is 8.75. The Morgan fingerprint density at radius 2 is 2.25 bits per heavy atom. The Hall–Kier alpha value is -1.14. The van der Waals surface area contributed by atoms with Crippen molar-refractivity contribution in [1.82, 2.24) is 9.55 Å². The van der Waals surface area contributed by atoms with Gasteiger partial charge in [-0.3, -0.25) is 9.36 Å². The number of hydrogen-bond acceptors (Lipinski definition) is 3. The van der Waals surface area contributed by atoms with Crippen LogP contribution in [-0.4, -0.2) is 21.3 Å². The smallest absolute Gasteiger partial charge is 0.326 e. The molecule has 1 aromatic heterocycles. The van der Waals surface area contributed by atoms with Gasteiger partial charge in [0.05, 0.1) is 6.42 Å². The van der Waals surface area contributed by atoms with Crippen molar-refractivity contribution in [3.05, 3.63) is 26.4 Å². The largest absolute Gasteiger partial charge is 0.369 e.